The van der Waals surface area contributed by atoms with Crippen molar-refractivity contribution in [3.63, 3.8) is 0 Å². The lowest BCUT2D eigenvalue weighted by atomic mass is 10.0. The molecule has 0 fully saturated rings. The molecule has 0 saturated heterocycles. The van der Waals surface area contributed by atoms with Crippen molar-refractivity contribution in [3.8, 4) is 5.75 Å². The Morgan fingerprint density at radius 1 is 1.20 bits per heavy atom. The van der Waals surface area contributed by atoms with E-state index < -0.39 is 11.0 Å². The summed E-state index contributed by atoms with van der Waals surface area (Å²) < 4.78 is 5.21. The molecule has 2 rings (SSSR count). The maximum atomic E-state index is 10.6. The summed E-state index contributed by atoms with van der Waals surface area (Å²) in [6, 6.07) is 13.4. The van der Waals surface area contributed by atoms with Crippen LogP contribution in [0.5, 0.6) is 5.75 Å². The van der Waals surface area contributed by atoms with Crippen LogP contribution in [0, 0.1) is 10.1 Å². The van der Waals surface area contributed by atoms with Gasteiger partial charge in [-0.05, 0) is 11.6 Å². The number of nitro benzene ring substituents is 1. The van der Waals surface area contributed by atoms with Gasteiger partial charge in [0, 0.05) is 24.1 Å². The average molecular weight is 273 g/mol. The van der Waals surface area contributed by atoms with E-state index in [9.17, 15) is 15.2 Å². The Kier molecular flexibility index (Phi) is 4.32. The summed E-state index contributed by atoms with van der Waals surface area (Å²) in [7, 11) is 1.55. The molecule has 2 aromatic rings. The zero-order valence-corrected chi connectivity index (χ0v) is 11.0. The van der Waals surface area contributed by atoms with Gasteiger partial charge in [0.15, 0.2) is 0 Å². The van der Waals surface area contributed by atoms with Crippen LogP contribution >= 0.6 is 0 Å². The van der Waals surface area contributed by atoms with E-state index in [2.05, 4.69) is 0 Å². The average Bonchev–Trinajstić information content (AvgIpc) is 2.47. The SMILES string of the molecule is COc1ccccc1C(O)Cc1ccc([N+](=O)[O-])cc1. The van der Waals surface area contributed by atoms with Crippen LogP contribution in [0.2, 0.25) is 0 Å². The van der Waals surface area contributed by atoms with Gasteiger partial charge >= 0.3 is 0 Å². The summed E-state index contributed by atoms with van der Waals surface area (Å²) in [5, 5.41) is 20.8. The first-order valence-corrected chi connectivity index (χ1v) is 6.16. The zero-order chi connectivity index (χ0) is 14.5. The van der Waals surface area contributed by atoms with Crippen LogP contribution in [0.4, 0.5) is 5.69 Å². The molecule has 0 aromatic heterocycles. The number of non-ortho nitro benzene ring substituents is 1. The molecule has 1 N–H and O–H groups in total. The highest BCUT2D eigenvalue weighted by molar-refractivity contribution is 5.37. The lowest BCUT2D eigenvalue weighted by molar-refractivity contribution is -0.384. The van der Waals surface area contributed by atoms with Crippen molar-refractivity contribution in [1.29, 1.82) is 0 Å². The third-order valence-electron chi connectivity index (χ3n) is 3.07. The van der Waals surface area contributed by atoms with Gasteiger partial charge in [-0.25, -0.2) is 0 Å². The second-order valence-electron chi connectivity index (χ2n) is 4.39. The predicted molar refractivity (Wildman–Crippen MR) is 74.8 cm³/mol. The molecule has 0 saturated carbocycles. The first kappa shape index (κ1) is 14.0. The van der Waals surface area contributed by atoms with Crippen LogP contribution in [0.15, 0.2) is 48.5 Å². The van der Waals surface area contributed by atoms with Crippen LogP contribution in [-0.2, 0) is 6.42 Å². The van der Waals surface area contributed by atoms with Gasteiger partial charge in [-0.3, -0.25) is 10.1 Å². The minimum absolute atomic E-state index is 0.0422. The third kappa shape index (κ3) is 3.13. The molecule has 5 nitrogen and oxygen atoms in total. The van der Waals surface area contributed by atoms with Crippen LogP contribution in [0.25, 0.3) is 0 Å². The first-order chi connectivity index (χ1) is 9.61. The normalized spacial score (nSPS) is 11.9. The van der Waals surface area contributed by atoms with Gasteiger partial charge in [0.1, 0.15) is 5.75 Å². The first-order valence-electron chi connectivity index (χ1n) is 6.16. The summed E-state index contributed by atoms with van der Waals surface area (Å²) in [6.45, 7) is 0. The predicted octanol–water partition coefficient (Wildman–Crippen LogP) is 2.88. The van der Waals surface area contributed by atoms with E-state index in [1.54, 1.807) is 31.4 Å². The fraction of sp³-hybridized carbons (Fsp3) is 0.200. The van der Waals surface area contributed by atoms with Crippen molar-refractivity contribution < 1.29 is 14.8 Å². The number of nitrogens with zero attached hydrogens (tertiary/aromatic N) is 1. The van der Waals surface area contributed by atoms with E-state index in [0.717, 1.165) is 5.56 Å². The number of methoxy groups -OCH3 is 1. The van der Waals surface area contributed by atoms with E-state index in [1.165, 1.54) is 12.1 Å². The fourth-order valence-electron chi connectivity index (χ4n) is 2.03. The lowest BCUT2D eigenvalue weighted by Crippen LogP contribution is -2.04. The Morgan fingerprint density at radius 2 is 1.85 bits per heavy atom. The van der Waals surface area contributed by atoms with Gasteiger partial charge in [-0.15, -0.1) is 0 Å². The second-order valence-corrected chi connectivity index (χ2v) is 4.39. The molecule has 0 aliphatic heterocycles. The van der Waals surface area contributed by atoms with Crippen molar-refractivity contribution in [2.45, 2.75) is 12.5 Å². The standard InChI is InChI=1S/C15H15NO4/c1-20-15-5-3-2-4-13(15)14(17)10-11-6-8-12(9-7-11)16(18)19/h2-9,14,17H,10H2,1H3. The minimum atomic E-state index is -0.715. The Morgan fingerprint density at radius 3 is 2.45 bits per heavy atom. The molecule has 0 heterocycles. The molecule has 0 spiro atoms. The van der Waals surface area contributed by atoms with Crippen molar-refractivity contribution in [2.24, 2.45) is 0 Å². The maximum absolute atomic E-state index is 10.6. The van der Waals surface area contributed by atoms with E-state index >= 15 is 0 Å². The monoisotopic (exact) mass is 273 g/mol. The van der Waals surface area contributed by atoms with Crippen LogP contribution in [-0.4, -0.2) is 17.1 Å². The van der Waals surface area contributed by atoms with E-state index in [1.807, 2.05) is 12.1 Å². The lowest BCUT2D eigenvalue weighted by Gasteiger charge is -2.14. The van der Waals surface area contributed by atoms with E-state index in [-0.39, 0.29) is 5.69 Å². The zero-order valence-electron chi connectivity index (χ0n) is 11.0. The number of aliphatic hydroxyl groups excluding tert-OH is 1. The molecule has 0 aliphatic rings. The largest absolute Gasteiger partial charge is 0.496 e. The third-order valence-corrected chi connectivity index (χ3v) is 3.07. The molecule has 2 aromatic carbocycles. The number of nitro groups is 1. The summed E-state index contributed by atoms with van der Waals surface area (Å²) in [5.74, 6) is 0.627. The Bertz CT molecular complexity index is 595. The molecule has 0 amide bonds. The highest BCUT2D eigenvalue weighted by Gasteiger charge is 2.14. The van der Waals surface area contributed by atoms with Crippen LogP contribution < -0.4 is 4.74 Å². The number of hydrogen-bond acceptors (Lipinski definition) is 4. The van der Waals surface area contributed by atoms with Gasteiger partial charge in [0.25, 0.3) is 5.69 Å². The highest BCUT2D eigenvalue weighted by Crippen LogP contribution is 2.27. The Balaban J connectivity index is 2.14. The summed E-state index contributed by atoms with van der Waals surface area (Å²) >= 11 is 0. The molecule has 0 aliphatic carbocycles. The number of para-hydroxylation sites is 1. The molecular formula is C15H15NO4. The topological polar surface area (TPSA) is 72.6 Å². The summed E-state index contributed by atoms with van der Waals surface area (Å²) in [5.41, 5.74) is 1.57. The van der Waals surface area contributed by atoms with Gasteiger partial charge in [0.2, 0.25) is 0 Å². The van der Waals surface area contributed by atoms with Crippen molar-refractivity contribution >= 4 is 5.69 Å². The van der Waals surface area contributed by atoms with Crippen molar-refractivity contribution in [1.82, 2.24) is 0 Å². The number of aliphatic hydroxyl groups is 1. The smallest absolute Gasteiger partial charge is 0.269 e. The maximum Gasteiger partial charge on any atom is 0.269 e. The van der Waals surface area contributed by atoms with Crippen molar-refractivity contribution in [2.75, 3.05) is 7.11 Å². The second kappa shape index (κ2) is 6.16. The van der Waals surface area contributed by atoms with Gasteiger partial charge in [0.05, 0.1) is 18.1 Å². The number of hydrogen-bond donors (Lipinski definition) is 1. The molecule has 20 heavy (non-hydrogen) atoms. The van der Waals surface area contributed by atoms with Crippen LogP contribution in [0.3, 0.4) is 0 Å². The van der Waals surface area contributed by atoms with E-state index in [4.69, 9.17) is 4.74 Å². The molecular weight excluding hydrogens is 258 g/mol. The number of ether oxygens (including phenoxy) is 1. The van der Waals surface area contributed by atoms with Gasteiger partial charge in [-0.1, -0.05) is 30.3 Å². The Hall–Kier alpha value is -2.40. The molecule has 0 radical (unpaired) electrons. The molecule has 5 heteroatoms. The minimum Gasteiger partial charge on any atom is -0.496 e. The van der Waals surface area contributed by atoms with Crippen molar-refractivity contribution in [3.05, 3.63) is 69.8 Å². The molecule has 1 atom stereocenters. The van der Waals surface area contributed by atoms with Crippen LogP contribution in [0.1, 0.15) is 17.2 Å². The Labute approximate surface area is 116 Å². The summed E-state index contributed by atoms with van der Waals surface area (Å²) in [6.07, 6.45) is -0.342. The fourth-order valence-corrected chi connectivity index (χ4v) is 2.03. The van der Waals surface area contributed by atoms with Gasteiger partial charge < -0.3 is 9.84 Å². The van der Waals surface area contributed by atoms with E-state index in [0.29, 0.717) is 17.7 Å². The summed E-state index contributed by atoms with van der Waals surface area (Å²) in [4.78, 5) is 10.1. The number of rotatable bonds is 5. The highest BCUT2D eigenvalue weighted by atomic mass is 16.6. The molecule has 0 bridgehead atoms. The molecule has 1 unspecified atom stereocenters. The van der Waals surface area contributed by atoms with Gasteiger partial charge in [-0.2, -0.15) is 0 Å². The number of benzene rings is 2. The molecule has 104 valence electrons. The quantitative estimate of drug-likeness (QED) is 0.671.